The lowest BCUT2D eigenvalue weighted by molar-refractivity contribution is -0.113. The van der Waals surface area contributed by atoms with Crippen LogP contribution in [0.25, 0.3) is 6.08 Å². The van der Waals surface area contributed by atoms with Gasteiger partial charge in [-0.05, 0) is 66.6 Å². The number of halogens is 2. The zero-order valence-electron chi connectivity index (χ0n) is 16.5. The van der Waals surface area contributed by atoms with Gasteiger partial charge in [-0.25, -0.2) is 0 Å². The lowest BCUT2D eigenvalue weighted by Crippen LogP contribution is -2.27. The van der Waals surface area contributed by atoms with Crippen molar-refractivity contribution in [3.63, 3.8) is 0 Å². The molecule has 3 aromatic rings. The summed E-state index contributed by atoms with van der Waals surface area (Å²) < 4.78 is 7.45. The largest absolute Gasteiger partial charge is 0.488 e. The molecule has 0 aliphatic carbocycles. The predicted octanol–water partition coefficient (Wildman–Crippen LogP) is 7.40. The Labute approximate surface area is 204 Å². The van der Waals surface area contributed by atoms with Gasteiger partial charge in [0.2, 0.25) is 0 Å². The molecule has 7 heteroatoms. The standard InChI is InChI=1S/C24H17BrClNO2S2/c1-15-3-2-4-20(11-15)27-23(28)22(31-24(27)30)13-17-12-18(25)7-10-21(17)29-14-16-5-8-19(26)9-6-16/h2-13H,14H2,1H3/b22-13-. The summed E-state index contributed by atoms with van der Waals surface area (Å²) in [6.45, 7) is 2.38. The van der Waals surface area contributed by atoms with Crippen molar-refractivity contribution in [2.75, 3.05) is 4.90 Å². The lowest BCUT2D eigenvalue weighted by atomic mass is 10.1. The Morgan fingerprint density at radius 1 is 1.13 bits per heavy atom. The van der Waals surface area contributed by atoms with E-state index in [2.05, 4.69) is 15.9 Å². The molecule has 1 fully saturated rings. The minimum atomic E-state index is -0.135. The predicted molar refractivity (Wildman–Crippen MR) is 137 cm³/mol. The smallest absolute Gasteiger partial charge is 0.270 e. The number of ether oxygens (including phenoxy) is 1. The summed E-state index contributed by atoms with van der Waals surface area (Å²) >= 11 is 16.2. The number of anilines is 1. The average Bonchev–Trinajstić information content (AvgIpc) is 3.01. The molecule has 0 atom stereocenters. The summed E-state index contributed by atoms with van der Waals surface area (Å²) in [4.78, 5) is 15.3. The Morgan fingerprint density at radius 2 is 1.90 bits per heavy atom. The highest BCUT2D eigenvalue weighted by atomic mass is 79.9. The van der Waals surface area contributed by atoms with Gasteiger partial charge in [0.05, 0.1) is 10.6 Å². The van der Waals surface area contributed by atoms with Gasteiger partial charge in [-0.2, -0.15) is 0 Å². The molecule has 0 unspecified atom stereocenters. The molecular weight excluding hydrogens is 514 g/mol. The van der Waals surface area contributed by atoms with Crippen LogP contribution in [-0.4, -0.2) is 10.2 Å². The maximum absolute atomic E-state index is 13.1. The Balaban J connectivity index is 1.60. The fraction of sp³-hybridized carbons (Fsp3) is 0.0833. The quantitative estimate of drug-likeness (QED) is 0.254. The third kappa shape index (κ3) is 5.21. The zero-order valence-corrected chi connectivity index (χ0v) is 20.4. The van der Waals surface area contributed by atoms with Gasteiger partial charge in [-0.15, -0.1) is 0 Å². The molecular formula is C24H17BrClNO2S2. The van der Waals surface area contributed by atoms with Gasteiger partial charge in [0.1, 0.15) is 12.4 Å². The van der Waals surface area contributed by atoms with Crippen molar-refractivity contribution in [2.45, 2.75) is 13.5 Å². The molecule has 0 spiro atoms. The molecule has 1 saturated heterocycles. The van der Waals surface area contributed by atoms with E-state index in [-0.39, 0.29) is 5.91 Å². The van der Waals surface area contributed by atoms with Crippen molar-refractivity contribution in [2.24, 2.45) is 0 Å². The van der Waals surface area contributed by atoms with Crippen molar-refractivity contribution in [3.8, 4) is 5.75 Å². The monoisotopic (exact) mass is 529 g/mol. The Hall–Kier alpha value is -2.12. The highest BCUT2D eigenvalue weighted by molar-refractivity contribution is 9.10. The number of amides is 1. The molecule has 1 aliphatic heterocycles. The molecule has 0 N–H and O–H groups in total. The first kappa shape index (κ1) is 22.1. The van der Waals surface area contributed by atoms with E-state index in [0.717, 1.165) is 26.9 Å². The molecule has 3 aromatic carbocycles. The maximum atomic E-state index is 13.1. The molecule has 4 rings (SSSR count). The van der Waals surface area contributed by atoms with Gasteiger partial charge >= 0.3 is 0 Å². The van der Waals surface area contributed by atoms with Crippen LogP contribution in [0.5, 0.6) is 5.75 Å². The number of hydrogen-bond acceptors (Lipinski definition) is 4. The molecule has 3 nitrogen and oxygen atoms in total. The van der Waals surface area contributed by atoms with Crippen molar-refractivity contribution >= 4 is 73.5 Å². The molecule has 1 aliphatic rings. The van der Waals surface area contributed by atoms with Crippen LogP contribution in [0.2, 0.25) is 5.02 Å². The molecule has 0 aromatic heterocycles. The molecule has 0 saturated carbocycles. The van der Waals surface area contributed by atoms with E-state index >= 15 is 0 Å². The minimum absolute atomic E-state index is 0.135. The van der Waals surface area contributed by atoms with Crippen molar-refractivity contribution in [1.82, 2.24) is 0 Å². The number of nitrogens with zero attached hydrogens (tertiary/aromatic N) is 1. The average molecular weight is 531 g/mol. The van der Waals surface area contributed by atoms with Gasteiger partial charge in [0.15, 0.2) is 4.32 Å². The second-order valence-corrected chi connectivity index (χ2v) is 9.98. The first-order valence-corrected chi connectivity index (χ1v) is 11.8. The van der Waals surface area contributed by atoms with Gasteiger partial charge < -0.3 is 4.74 Å². The molecule has 0 bridgehead atoms. The van der Waals surface area contributed by atoms with Crippen LogP contribution in [-0.2, 0) is 11.4 Å². The number of carbonyl (C=O) groups excluding carboxylic acids is 1. The summed E-state index contributed by atoms with van der Waals surface area (Å²) in [5, 5.41) is 0.684. The summed E-state index contributed by atoms with van der Waals surface area (Å²) in [5.74, 6) is 0.545. The van der Waals surface area contributed by atoms with Gasteiger partial charge in [0, 0.05) is 15.1 Å². The number of rotatable bonds is 5. The summed E-state index contributed by atoms with van der Waals surface area (Å²) in [5.41, 5.74) is 3.65. The number of benzene rings is 3. The van der Waals surface area contributed by atoms with E-state index in [1.807, 2.05) is 79.7 Å². The van der Waals surface area contributed by atoms with Crippen LogP contribution in [0.15, 0.2) is 76.1 Å². The van der Waals surface area contributed by atoms with Gasteiger partial charge in [-0.3, -0.25) is 9.69 Å². The van der Waals surface area contributed by atoms with Gasteiger partial charge in [0.25, 0.3) is 5.91 Å². The van der Waals surface area contributed by atoms with E-state index in [9.17, 15) is 4.79 Å². The zero-order chi connectivity index (χ0) is 22.0. The van der Waals surface area contributed by atoms with E-state index in [1.54, 1.807) is 4.90 Å². The SMILES string of the molecule is Cc1cccc(N2C(=O)/C(=C/c3cc(Br)ccc3OCc3ccc(Cl)cc3)SC2=S)c1. The summed E-state index contributed by atoms with van der Waals surface area (Å²) in [6.07, 6.45) is 1.83. The third-order valence-corrected chi connectivity index (χ3v) is 6.67. The van der Waals surface area contributed by atoms with Crippen LogP contribution in [0.1, 0.15) is 16.7 Å². The van der Waals surface area contributed by atoms with E-state index in [0.29, 0.717) is 26.6 Å². The van der Waals surface area contributed by atoms with Crippen molar-refractivity contribution < 1.29 is 9.53 Å². The second-order valence-electron chi connectivity index (χ2n) is 6.95. The van der Waals surface area contributed by atoms with E-state index in [4.69, 9.17) is 28.6 Å². The molecule has 156 valence electrons. The van der Waals surface area contributed by atoms with Crippen LogP contribution in [0.4, 0.5) is 5.69 Å². The van der Waals surface area contributed by atoms with E-state index in [1.165, 1.54) is 11.8 Å². The summed E-state index contributed by atoms with van der Waals surface area (Å²) in [7, 11) is 0. The highest BCUT2D eigenvalue weighted by Crippen LogP contribution is 2.38. The summed E-state index contributed by atoms with van der Waals surface area (Å²) in [6, 6.07) is 21.0. The number of thiocarbonyl (C=S) groups is 1. The Kier molecular flexibility index (Phi) is 6.82. The van der Waals surface area contributed by atoms with Crippen LogP contribution in [0, 0.1) is 6.92 Å². The van der Waals surface area contributed by atoms with Gasteiger partial charge in [-0.1, -0.05) is 75.8 Å². The fourth-order valence-corrected chi connectivity index (χ4v) is 4.90. The first-order valence-electron chi connectivity index (χ1n) is 9.42. The normalized spacial score (nSPS) is 15.1. The number of thioether (sulfide) groups is 1. The molecule has 31 heavy (non-hydrogen) atoms. The van der Waals surface area contributed by atoms with Crippen LogP contribution in [0.3, 0.4) is 0 Å². The minimum Gasteiger partial charge on any atom is -0.488 e. The van der Waals surface area contributed by atoms with Crippen LogP contribution < -0.4 is 9.64 Å². The van der Waals surface area contributed by atoms with E-state index < -0.39 is 0 Å². The third-order valence-electron chi connectivity index (χ3n) is 4.62. The number of carbonyl (C=O) groups is 1. The highest BCUT2D eigenvalue weighted by Gasteiger charge is 2.33. The molecule has 1 amide bonds. The lowest BCUT2D eigenvalue weighted by Gasteiger charge is -2.15. The van der Waals surface area contributed by atoms with Crippen LogP contribution >= 0.6 is 51.5 Å². The number of aryl methyl sites for hydroxylation is 1. The first-order chi connectivity index (χ1) is 14.9. The Bertz CT molecular complexity index is 1190. The second kappa shape index (κ2) is 9.57. The topological polar surface area (TPSA) is 29.5 Å². The van der Waals surface area contributed by atoms with Crippen molar-refractivity contribution in [1.29, 1.82) is 0 Å². The fourth-order valence-electron chi connectivity index (χ4n) is 3.10. The molecule has 0 radical (unpaired) electrons. The Morgan fingerprint density at radius 3 is 2.65 bits per heavy atom. The van der Waals surface area contributed by atoms with Crippen molar-refractivity contribution in [3.05, 3.63) is 97.8 Å². The molecule has 1 heterocycles. The number of hydrogen-bond donors (Lipinski definition) is 0. The maximum Gasteiger partial charge on any atom is 0.270 e.